The molecular weight excluding hydrogens is 360 g/mol. The minimum atomic E-state index is 1.22. The Balaban J connectivity index is 0. The van der Waals surface area contributed by atoms with Gasteiger partial charge in [-0.25, -0.2) is 0 Å². The van der Waals surface area contributed by atoms with Crippen LogP contribution in [0.1, 0.15) is 142 Å². The molecule has 0 atom stereocenters. The summed E-state index contributed by atoms with van der Waals surface area (Å²) in [5, 5.41) is 0. The molecule has 0 aliphatic rings. The predicted octanol–water partition coefficient (Wildman–Crippen LogP) is 11.3. The van der Waals surface area contributed by atoms with Crippen LogP contribution >= 0.6 is 0 Å². The van der Waals surface area contributed by atoms with Gasteiger partial charge in [0.05, 0.1) is 0 Å². The molecule has 0 aliphatic heterocycles. The average Bonchev–Trinajstić information content (AvgIpc) is 2.76. The number of allylic oxidation sites excluding steroid dienone is 6. The number of rotatable bonds is 22. The highest BCUT2D eigenvalue weighted by molar-refractivity contribution is 4.97. The molecule has 0 radical (unpaired) electrons. The second-order valence-electron chi connectivity index (χ2n) is 8.56. The van der Waals surface area contributed by atoms with E-state index in [4.69, 9.17) is 0 Å². The molecule has 0 saturated heterocycles. The van der Waals surface area contributed by atoms with Crippen molar-refractivity contribution in [2.24, 2.45) is 0 Å². The van der Waals surface area contributed by atoms with Gasteiger partial charge in [0.1, 0.15) is 0 Å². The van der Waals surface area contributed by atoms with Crippen LogP contribution in [0.5, 0.6) is 0 Å². The zero-order valence-electron chi connectivity index (χ0n) is 21.0. The Labute approximate surface area is 192 Å². The van der Waals surface area contributed by atoms with Gasteiger partial charge in [0.25, 0.3) is 0 Å². The van der Waals surface area contributed by atoms with E-state index in [1.54, 1.807) is 0 Å². The highest BCUT2D eigenvalue weighted by Gasteiger charge is 1.92. The van der Waals surface area contributed by atoms with Gasteiger partial charge in [-0.3, -0.25) is 0 Å². The topological polar surface area (TPSA) is 0 Å². The summed E-state index contributed by atoms with van der Waals surface area (Å²) < 4.78 is 0. The molecule has 176 valence electrons. The van der Waals surface area contributed by atoms with Gasteiger partial charge in [-0.05, 0) is 25.7 Å². The highest BCUT2D eigenvalue weighted by Crippen LogP contribution is 2.11. The van der Waals surface area contributed by atoms with Crippen LogP contribution < -0.4 is 0 Å². The average molecular weight is 417 g/mol. The van der Waals surface area contributed by atoms with Gasteiger partial charge in [-0.1, -0.05) is 166 Å². The number of hydrogen-bond donors (Lipinski definition) is 0. The van der Waals surface area contributed by atoms with Crippen molar-refractivity contribution >= 4 is 0 Å². The first-order valence-corrected chi connectivity index (χ1v) is 13.4. The molecule has 0 aromatic heterocycles. The third kappa shape index (κ3) is 34.5. The smallest absolute Gasteiger partial charge is 0.0348 e. The maximum Gasteiger partial charge on any atom is -0.0348 e. The quantitative estimate of drug-likeness (QED) is 0.121. The summed E-state index contributed by atoms with van der Waals surface area (Å²) in [5.41, 5.74) is 0. The Bertz CT molecular complexity index is 360. The third-order valence-corrected chi connectivity index (χ3v) is 5.49. The van der Waals surface area contributed by atoms with Gasteiger partial charge in [0.15, 0.2) is 0 Å². The van der Waals surface area contributed by atoms with Crippen LogP contribution in [0.15, 0.2) is 49.6 Å². The summed E-state index contributed by atoms with van der Waals surface area (Å²) >= 11 is 0. The van der Waals surface area contributed by atoms with Crippen LogP contribution in [0.3, 0.4) is 0 Å². The molecule has 0 nitrogen and oxygen atoms in total. The van der Waals surface area contributed by atoms with Crippen molar-refractivity contribution in [1.29, 1.82) is 0 Å². The van der Waals surface area contributed by atoms with E-state index >= 15 is 0 Å². The number of unbranched alkanes of at least 4 members (excludes halogenated alkanes) is 18. The molecule has 0 spiro atoms. The van der Waals surface area contributed by atoms with Crippen molar-refractivity contribution in [3.63, 3.8) is 0 Å². The summed E-state index contributed by atoms with van der Waals surface area (Å²) in [6.07, 6.45) is 40.1. The maximum atomic E-state index is 3.66. The molecule has 0 amide bonds. The van der Waals surface area contributed by atoms with Gasteiger partial charge < -0.3 is 0 Å². The minimum Gasteiger partial charge on any atom is -0.0991 e. The van der Waals surface area contributed by atoms with Crippen LogP contribution in [0.4, 0.5) is 0 Å². The first-order chi connectivity index (χ1) is 14.8. The van der Waals surface area contributed by atoms with Crippen LogP contribution in [-0.2, 0) is 0 Å². The molecule has 0 saturated carbocycles. The lowest BCUT2D eigenvalue weighted by molar-refractivity contribution is 0.557. The van der Waals surface area contributed by atoms with E-state index < -0.39 is 0 Å². The maximum absolute atomic E-state index is 3.66. The van der Waals surface area contributed by atoms with E-state index in [2.05, 4.69) is 39.2 Å². The molecule has 0 bridgehead atoms. The molecule has 0 aliphatic carbocycles. The van der Waals surface area contributed by atoms with Crippen LogP contribution in [0, 0.1) is 0 Å². The first-order valence-electron chi connectivity index (χ1n) is 13.4. The zero-order valence-corrected chi connectivity index (χ0v) is 21.0. The van der Waals surface area contributed by atoms with Crippen molar-refractivity contribution in [2.75, 3.05) is 0 Å². The molecule has 0 fully saturated rings. The molecule has 0 heterocycles. The van der Waals surface area contributed by atoms with Crippen LogP contribution in [-0.4, -0.2) is 0 Å². The third-order valence-electron chi connectivity index (χ3n) is 5.49. The Kier molecular flexibility index (Phi) is 33.9. The lowest BCUT2D eigenvalue weighted by atomic mass is 10.1. The van der Waals surface area contributed by atoms with E-state index in [1.165, 1.54) is 128 Å². The standard InChI is InChI=1S/C16H30.C14H26/c1-3-5-7-9-11-13-15-16-14-12-10-8-6-4-2;1-3-5-7-9-11-13-14-12-10-8-6-4-2/h3,5,7H,1,4,6,8-16H2,2H3;3,5,7H,1,4,6,8-14H2,2H3. The Hall–Kier alpha value is -1.04. The van der Waals surface area contributed by atoms with Crippen molar-refractivity contribution in [3.8, 4) is 0 Å². The fourth-order valence-corrected chi connectivity index (χ4v) is 3.53. The Morgan fingerprint density at radius 3 is 0.933 bits per heavy atom. The Morgan fingerprint density at radius 2 is 0.667 bits per heavy atom. The van der Waals surface area contributed by atoms with E-state index in [0.717, 1.165) is 0 Å². The molecule has 0 unspecified atom stereocenters. The number of hydrogen-bond acceptors (Lipinski definition) is 0. The van der Waals surface area contributed by atoms with E-state index in [-0.39, 0.29) is 0 Å². The van der Waals surface area contributed by atoms with E-state index in [0.29, 0.717) is 0 Å². The molecule has 0 aromatic rings. The van der Waals surface area contributed by atoms with E-state index in [1.807, 2.05) is 24.3 Å². The van der Waals surface area contributed by atoms with Gasteiger partial charge >= 0.3 is 0 Å². The summed E-state index contributed by atoms with van der Waals surface area (Å²) in [6.45, 7) is 11.9. The zero-order chi connectivity index (χ0) is 22.4. The van der Waals surface area contributed by atoms with Gasteiger partial charge in [-0.15, -0.1) is 0 Å². The van der Waals surface area contributed by atoms with Crippen molar-refractivity contribution < 1.29 is 0 Å². The normalized spacial score (nSPS) is 11.0. The largest absolute Gasteiger partial charge is 0.0991 e. The molecule has 0 rings (SSSR count). The van der Waals surface area contributed by atoms with E-state index in [9.17, 15) is 0 Å². The second-order valence-corrected chi connectivity index (χ2v) is 8.56. The first kappa shape index (κ1) is 31.1. The molecule has 30 heavy (non-hydrogen) atoms. The lowest BCUT2D eigenvalue weighted by Gasteiger charge is -2.01. The summed E-state index contributed by atoms with van der Waals surface area (Å²) in [5.74, 6) is 0. The van der Waals surface area contributed by atoms with Crippen LogP contribution in [0.2, 0.25) is 0 Å². The van der Waals surface area contributed by atoms with Crippen molar-refractivity contribution in [1.82, 2.24) is 0 Å². The minimum absolute atomic E-state index is 1.22. The van der Waals surface area contributed by atoms with Gasteiger partial charge in [0, 0.05) is 0 Å². The SMILES string of the molecule is C=CC=CCCCCCCCCCC.C=CC=CCCCCCCCCCCCC. The fraction of sp³-hybridized carbons (Fsp3) is 0.733. The molecular formula is C30H56. The Morgan fingerprint density at radius 1 is 0.400 bits per heavy atom. The summed E-state index contributed by atoms with van der Waals surface area (Å²) in [7, 11) is 0. The molecule has 0 N–H and O–H groups in total. The monoisotopic (exact) mass is 416 g/mol. The lowest BCUT2D eigenvalue weighted by Crippen LogP contribution is -1.81. The predicted molar refractivity (Wildman–Crippen MR) is 142 cm³/mol. The molecule has 0 heteroatoms. The van der Waals surface area contributed by atoms with Gasteiger partial charge in [-0.2, -0.15) is 0 Å². The second kappa shape index (κ2) is 32.6. The highest BCUT2D eigenvalue weighted by atomic mass is 14.0. The van der Waals surface area contributed by atoms with Crippen LogP contribution in [0.25, 0.3) is 0 Å². The van der Waals surface area contributed by atoms with Crippen molar-refractivity contribution in [3.05, 3.63) is 49.6 Å². The van der Waals surface area contributed by atoms with Crippen molar-refractivity contribution in [2.45, 2.75) is 142 Å². The summed E-state index contributed by atoms with van der Waals surface area (Å²) in [4.78, 5) is 0. The van der Waals surface area contributed by atoms with Gasteiger partial charge in [0.2, 0.25) is 0 Å². The molecule has 0 aromatic carbocycles. The fourth-order valence-electron chi connectivity index (χ4n) is 3.53. The summed E-state index contributed by atoms with van der Waals surface area (Å²) in [6, 6.07) is 0.